The fourth-order valence-corrected chi connectivity index (χ4v) is 4.17. The SMILES string of the molecule is CC(C)COc1ccc(CNC(=O)N(Cc2ccc(F)cc2)C2CCN(C)CC2)cc1.O=C(O)CC(O)(C(=O)O)C(=O)O. The van der Waals surface area contributed by atoms with Crippen molar-refractivity contribution >= 4 is 23.9 Å². The van der Waals surface area contributed by atoms with E-state index in [0.717, 1.165) is 42.8 Å². The van der Waals surface area contributed by atoms with Gasteiger partial charge in [-0.15, -0.1) is 0 Å². The lowest BCUT2D eigenvalue weighted by Crippen LogP contribution is -2.49. The van der Waals surface area contributed by atoms with Crippen molar-refractivity contribution in [3.05, 3.63) is 65.5 Å². The minimum Gasteiger partial charge on any atom is -0.493 e. The predicted octanol–water partition coefficient (Wildman–Crippen LogP) is 3.03. The van der Waals surface area contributed by atoms with Crippen LogP contribution in [0.15, 0.2) is 48.5 Å². The Labute approximate surface area is 249 Å². The molecule has 0 unspecified atom stereocenters. The number of carbonyl (C=O) groups is 4. The fourth-order valence-electron chi connectivity index (χ4n) is 4.17. The molecule has 0 radical (unpaired) electrons. The number of rotatable bonds is 12. The molecule has 0 aliphatic carbocycles. The zero-order chi connectivity index (χ0) is 32.2. The minimum atomic E-state index is -3.24. The smallest absolute Gasteiger partial charge is 0.348 e. The van der Waals surface area contributed by atoms with Gasteiger partial charge in [0.05, 0.1) is 13.0 Å². The molecule has 1 heterocycles. The largest absolute Gasteiger partial charge is 0.493 e. The molecular weight excluding hydrogens is 565 g/mol. The van der Waals surface area contributed by atoms with Gasteiger partial charge in [-0.1, -0.05) is 38.1 Å². The molecule has 3 rings (SSSR count). The van der Waals surface area contributed by atoms with Gasteiger partial charge in [0.15, 0.2) is 0 Å². The molecule has 0 atom stereocenters. The van der Waals surface area contributed by atoms with E-state index in [1.807, 2.05) is 29.2 Å². The third-order valence-electron chi connectivity index (χ3n) is 6.72. The Kier molecular flexibility index (Phi) is 13.4. The van der Waals surface area contributed by atoms with Crippen LogP contribution in [-0.4, -0.2) is 92.6 Å². The average molecular weight is 606 g/mol. The van der Waals surface area contributed by atoms with Crippen molar-refractivity contribution in [3.8, 4) is 5.75 Å². The number of aliphatic carboxylic acids is 3. The van der Waals surface area contributed by atoms with Gasteiger partial charge in [-0.2, -0.15) is 0 Å². The van der Waals surface area contributed by atoms with Crippen molar-refractivity contribution in [2.75, 3.05) is 26.7 Å². The highest BCUT2D eigenvalue weighted by molar-refractivity contribution is 6.04. The van der Waals surface area contributed by atoms with Crippen molar-refractivity contribution in [2.24, 2.45) is 5.92 Å². The van der Waals surface area contributed by atoms with Gasteiger partial charge in [-0.25, -0.2) is 18.8 Å². The summed E-state index contributed by atoms with van der Waals surface area (Å²) in [5.41, 5.74) is -1.29. The standard InChI is InChI=1S/C25H34FN3O2.C5H6O7/c1-19(2)18-31-24-10-6-20(7-11-24)16-27-25(30)29(23-12-14-28(3)15-13-23)17-21-4-8-22(26)9-5-21;6-2(7)1-5(12,3(8)9)4(10)11/h4-11,19,23H,12-18H2,1-3H3,(H,27,30);12H,1H2,(H,6,7)(H,8,9)(H,10,11). The molecule has 43 heavy (non-hydrogen) atoms. The van der Waals surface area contributed by atoms with E-state index in [-0.39, 0.29) is 17.9 Å². The highest BCUT2D eigenvalue weighted by atomic mass is 19.1. The van der Waals surface area contributed by atoms with Gasteiger partial charge in [0.25, 0.3) is 5.60 Å². The molecule has 1 aliphatic heterocycles. The molecule has 0 spiro atoms. The van der Waals surface area contributed by atoms with Gasteiger partial charge in [-0.05, 0) is 74.3 Å². The van der Waals surface area contributed by atoms with Crippen molar-refractivity contribution in [2.45, 2.75) is 57.8 Å². The first kappa shape index (κ1) is 35.0. The Morgan fingerprint density at radius 2 is 1.51 bits per heavy atom. The zero-order valence-corrected chi connectivity index (χ0v) is 24.5. The number of halogens is 1. The van der Waals surface area contributed by atoms with Crippen LogP contribution in [0.1, 0.15) is 44.2 Å². The van der Waals surface area contributed by atoms with Crippen molar-refractivity contribution in [1.29, 1.82) is 0 Å². The van der Waals surface area contributed by atoms with E-state index in [2.05, 4.69) is 31.1 Å². The van der Waals surface area contributed by atoms with Gasteiger partial charge in [0.2, 0.25) is 0 Å². The number of hydrogen-bond acceptors (Lipinski definition) is 7. The summed E-state index contributed by atoms with van der Waals surface area (Å²) in [5, 5.41) is 36.2. The second-order valence-electron chi connectivity index (χ2n) is 10.8. The number of amides is 2. The maximum absolute atomic E-state index is 13.3. The molecule has 236 valence electrons. The number of carboxylic acid groups (broad SMARTS) is 3. The number of hydrogen-bond donors (Lipinski definition) is 5. The van der Waals surface area contributed by atoms with E-state index in [0.29, 0.717) is 25.6 Å². The Morgan fingerprint density at radius 3 is 1.98 bits per heavy atom. The number of urea groups is 1. The summed E-state index contributed by atoms with van der Waals surface area (Å²) in [4.78, 5) is 47.4. The summed E-state index contributed by atoms with van der Waals surface area (Å²) in [6.45, 7) is 7.78. The lowest BCUT2D eigenvalue weighted by molar-refractivity contribution is -0.180. The number of piperidine rings is 1. The molecule has 2 amide bonds. The van der Waals surface area contributed by atoms with Crippen LogP contribution >= 0.6 is 0 Å². The van der Waals surface area contributed by atoms with Crippen LogP contribution < -0.4 is 10.1 Å². The molecule has 1 aliphatic rings. The summed E-state index contributed by atoms with van der Waals surface area (Å²) in [6.07, 6.45) is 0.498. The lowest BCUT2D eigenvalue weighted by atomic mass is 10.0. The molecule has 0 saturated carbocycles. The Bertz CT molecular complexity index is 1200. The average Bonchev–Trinajstić information content (AvgIpc) is 2.95. The molecular formula is C30H40FN3O9. The maximum Gasteiger partial charge on any atom is 0.348 e. The number of carboxylic acids is 3. The number of likely N-dealkylation sites (tertiary alicyclic amines) is 1. The third kappa shape index (κ3) is 11.5. The number of ether oxygens (including phenoxy) is 1. The Morgan fingerprint density at radius 1 is 0.977 bits per heavy atom. The number of aliphatic hydroxyl groups is 1. The fraction of sp³-hybridized carbons (Fsp3) is 0.467. The first-order valence-corrected chi connectivity index (χ1v) is 13.8. The summed E-state index contributed by atoms with van der Waals surface area (Å²) >= 11 is 0. The number of nitrogens with one attached hydrogen (secondary N) is 1. The number of benzene rings is 2. The molecule has 0 bridgehead atoms. The molecule has 13 heteroatoms. The Hall–Kier alpha value is -4.23. The van der Waals surface area contributed by atoms with Crippen LogP contribution in [0.3, 0.4) is 0 Å². The van der Waals surface area contributed by atoms with E-state index in [1.54, 1.807) is 12.1 Å². The number of carbonyl (C=O) groups excluding carboxylic acids is 1. The van der Waals surface area contributed by atoms with Crippen LogP contribution in [0, 0.1) is 11.7 Å². The van der Waals surface area contributed by atoms with Crippen LogP contribution in [-0.2, 0) is 27.5 Å². The molecule has 1 saturated heterocycles. The van der Waals surface area contributed by atoms with Crippen LogP contribution in [0.2, 0.25) is 0 Å². The predicted molar refractivity (Wildman–Crippen MR) is 154 cm³/mol. The van der Waals surface area contributed by atoms with Crippen LogP contribution in [0.5, 0.6) is 5.75 Å². The van der Waals surface area contributed by atoms with Gasteiger partial charge in [-0.3, -0.25) is 4.79 Å². The quantitative estimate of drug-likeness (QED) is 0.226. The second kappa shape index (κ2) is 16.4. The van der Waals surface area contributed by atoms with E-state index in [4.69, 9.17) is 25.2 Å². The topological polar surface area (TPSA) is 177 Å². The highest BCUT2D eigenvalue weighted by Gasteiger charge is 2.46. The summed E-state index contributed by atoms with van der Waals surface area (Å²) in [7, 11) is 2.11. The van der Waals surface area contributed by atoms with E-state index in [9.17, 15) is 23.6 Å². The highest BCUT2D eigenvalue weighted by Crippen LogP contribution is 2.20. The van der Waals surface area contributed by atoms with E-state index >= 15 is 0 Å². The van der Waals surface area contributed by atoms with Crippen molar-refractivity contribution in [3.63, 3.8) is 0 Å². The third-order valence-corrected chi connectivity index (χ3v) is 6.72. The van der Waals surface area contributed by atoms with Crippen molar-refractivity contribution in [1.82, 2.24) is 15.1 Å². The first-order chi connectivity index (χ1) is 20.2. The van der Waals surface area contributed by atoms with Gasteiger partial charge < -0.3 is 40.3 Å². The second-order valence-corrected chi connectivity index (χ2v) is 10.8. The molecule has 0 aromatic heterocycles. The van der Waals surface area contributed by atoms with Gasteiger partial charge >= 0.3 is 23.9 Å². The number of nitrogens with zero attached hydrogens (tertiary/aromatic N) is 2. The van der Waals surface area contributed by atoms with Gasteiger partial charge in [0.1, 0.15) is 11.6 Å². The summed E-state index contributed by atoms with van der Waals surface area (Å²) < 4.78 is 19.0. The minimum absolute atomic E-state index is 0.0842. The molecule has 5 N–H and O–H groups in total. The monoisotopic (exact) mass is 605 g/mol. The van der Waals surface area contributed by atoms with Crippen LogP contribution in [0.25, 0.3) is 0 Å². The molecule has 12 nitrogen and oxygen atoms in total. The van der Waals surface area contributed by atoms with E-state index < -0.39 is 29.9 Å². The van der Waals surface area contributed by atoms with Crippen molar-refractivity contribution < 1.29 is 48.7 Å². The molecule has 1 fully saturated rings. The van der Waals surface area contributed by atoms with Crippen LogP contribution in [0.4, 0.5) is 9.18 Å². The summed E-state index contributed by atoms with van der Waals surface area (Å²) in [6, 6.07) is 14.3. The summed E-state index contributed by atoms with van der Waals surface area (Å²) in [5.74, 6) is -4.85. The maximum atomic E-state index is 13.3. The molecule has 2 aromatic carbocycles. The first-order valence-electron chi connectivity index (χ1n) is 13.8. The normalized spacial score (nSPS) is 13.9. The lowest BCUT2D eigenvalue weighted by Gasteiger charge is -2.37. The van der Waals surface area contributed by atoms with E-state index in [1.165, 1.54) is 12.1 Å². The zero-order valence-electron chi connectivity index (χ0n) is 24.5. The molecule has 2 aromatic rings. The Balaban J connectivity index is 0.000000455. The van der Waals surface area contributed by atoms with Gasteiger partial charge in [0, 0.05) is 19.1 Å².